The van der Waals surface area contributed by atoms with Crippen LogP contribution >= 0.6 is 0 Å². The molecule has 29 heavy (non-hydrogen) atoms. The number of ether oxygens (including phenoxy) is 2. The minimum atomic E-state index is -0.373. The molecule has 0 bridgehead atoms. The molecule has 0 radical (unpaired) electrons. The fourth-order valence-corrected chi connectivity index (χ4v) is 2.99. The number of pyridine rings is 1. The molecule has 2 aromatic rings. The molecule has 8 nitrogen and oxygen atoms in total. The fraction of sp³-hybridized carbons (Fsp3) is 0.381. The highest BCUT2D eigenvalue weighted by molar-refractivity contribution is 5.98. The Morgan fingerprint density at radius 1 is 1.14 bits per heavy atom. The zero-order valence-corrected chi connectivity index (χ0v) is 16.4. The summed E-state index contributed by atoms with van der Waals surface area (Å²) < 4.78 is 10.9. The molecule has 0 aliphatic carbocycles. The third-order valence-corrected chi connectivity index (χ3v) is 4.49. The van der Waals surface area contributed by atoms with Crippen LogP contribution in [-0.4, -0.2) is 55.9 Å². The average Bonchev–Trinajstić information content (AvgIpc) is 2.75. The summed E-state index contributed by atoms with van der Waals surface area (Å²) in [5.41, 5.74) is 8.00. The van der Waals surface area contributed by atoms with Gasteiger partial charge >= 0.3 is 0 Å². The standard InChI is InChI=1S/C21H26N4O4/c1-23-21(27)18-11-15(10-17(25-18)9-14-5-3-2-4-6-14)20(26)24-8-7-19-28-12-16(22)13-29-19/h2-6,10-11,16,19H,7-9,12-13,22H2,1H3,(H,23,27)(H,24,26). The van der Waals surface area contributed by atoms with E-state index >= 15 is 0 Å². The van der Waals surface area contributed by atoms with E-state index in [9.17, 15) is 9.59 Å². The van der Waals surface area contributed by atoms with Crippen LogP contribution in [0.25, 0.3) is 0 Å². The molecule has 1 fully saturated rings. The summed E-state index contributed by atoms with van der Waals surface area (Å²) in [6.07, 6.45) is 0.668. The van der Waals surface area contributed by atoms with Crippen molar-refractivity contribution in [3.05, 3.63) is 65.0 Å². The lowest BCUT2D eigenvalue weighted by molar-refractivity contribution is -0.186. The number of carbonyl (C=O) groups is 2. The normalized spacial score (nSPS) is 18.8. The van der Waals surface area contributed by atoms with Crippen molar-refractivity contribution in [2.24, 2.45) is 5.73 Å². The number of aromatic nitrogens is 1. The molecular weight excluding hydrogens is 372 g/mol. The van der Waals surface area contributed by atoms with Crippen molar-refractivity contribution in [2.45, 2.75) is 25.2 Å². The lowest BCUT2D eigenvalue weighted by Gasteiger charge is -2.27. The minimum Gasteiger partial charge on any atom is -0.354 e. The maximum atomic E-state index is 12.6. The summed E-state index contributed by atoms with van der Waals surface area (Å²) in [4.78, 5) is 29.1. The first-order chi connectivity index (χ1) is 14.0. The largest absolute Gasteiger partial charge is 0.354 e. The van der Waals surface area contributed by atoms with Gasteiger partial charge in [0.25, 0.3) is 11.8 Å². The zero-order chi connectivity index (χ0) is 20.6. The molecule has 0 spiro atoms. The predicted molar refractivity (Wildman–Crippen MR) is 107 cm³/mol. The summed E-state index contributed by atoms with van der Waals surface area (Å²) in [5, 5.41) is 5.39. The van der Waals surface area contributed by atoms with Gasteiger partial charge in [-0.2, -0.15) is 0 Å². The van der Waals surface area contributed by atoms with Gasteiger partial charge in [-0.05, 0) is 17.7 Å². The first-order valence-electron chi connectivity index (χ1n) is 9.59. The molecule has 1 saturated heterocycles. The summed E-state index contributed by atoms with van der Waals surface area (Å²) in [7, 11) is 1.53. The van der Waals surface area contributed by atoms with Gasteiger partial charge in [-0.1, -0.05) is 30.3 Å². The second-order valence-corrected chi connectivity index (χ2v) is 6.87. The van der Waals surface area contributed by atoms with Crippen LogP contribution in [0.15, 0.2) is 42.5 Å². The van der Waals surface area contributed by atoms with Gasteiger partial charge < -0.3 is 25.8 Å². The van der Waals surface area contributed by atoms with Crippen molar-refractivity contribution < 1.29 is 19.1 Å². The molecule has 8 heteroatoms. The number of amides is 2. The van der Waals surface area contributed by atoms with E-state index in [0.29, 0.717) is 43.9 Å². The lowest BCUT2D eigenvalue weighted by atomic mass is 10.1. The molecule has 1 aliphatic rings. The molecule has 3 rings (SSSR count). The van der Waals surface area contributed by atoms with Gasteiger partial charge in [0.15, 0.2) is 6.29 Å². The van der Waals surface area contributed by atoms with Crippen molar-refractivity contribution in [3.63, 3.8) is 0 Å². The molecular formula is C21H26N4O4. The highest BCUT2D eigenvalue weighted by Gasteiger charge is 2.20. The van der Waals surface area contributed by atoms with Crippen molar-refractivity contribution >= 4 is 11.8 Å². The third-order valence-electron chi connectivity index (χ3n) is 4.49. The summed E-state index contributed by atoms with van der Waals surface area (Å²) in [5.74, 6) is -0.617. The quantitative estimate of drug-likeness (QED) is 0.637. The Hall–Kier alpha value is -2.81. The van der Waals surface area contributed by atoms with Gasteiger partial charge in [0.05, 0.1) is 19.3 Å². The van der Waals surface area contributed by atoms with Crippen LogP contribution in [0.1, 0.15) is 38.5 Å². The summed E-state index contributed by atoms with van der Waals surface area (Å²) in [6, 6.07) is 12.9. The lowest BCUT2D eigenvalue weighted by Crippen LogP contribution is -2.42. The van der Waals surface area contributed by atoms with Crippen molar-refractivity contribution in [1.82, 2.24) is 15.6 Å². The van der Waals surface area contributed by atoms with E-state index in [-0.39, 0.29) is 29.8 Å². The molecule has 0 unspecified atom stereocenters. The Morgan fingerprint density at radius 2 is 1.86 bits per heavy atom. The van der Waals surface area contributed by atoms with Crippen LogP contribution in [0.3, 0.4) is 0 Å². The van der Waals surface area contributed by atoms with Crippen LogP contribution in [0.5, 0.6) is 0 Å². The molecule has 1 aliphatic heterocycles. The maximum absolute atomic E-state index is 12.6. The third kappa shape index (κ3) is 6.08. The number of benzene rings is 1. The summed E-state index contributed by atoms with van der Waals surface area (Å²) >= 11 is 0. The Kier molecular flexibility index (Phi) is 7.29. The van der Waals surface area contributed by atoms with E-state index in [4.69, 9.17) is 15.2 Å². The van der Waals surface area contributed by atoms with Crippen LogP contribution in [0.4, 0.5) is 0 Å². The Balaban J connectivity index is 1.66. The number of hydrogen-bond acceptors (Lipinski definition) is 6. The van der Waals surface area contributed by atoms with Gasteiger partial charge in [0, 0.05) is 37.7 Å². The Morgan fingerprint density at radius 3 is 2.55 bits per heavy atom. The molecule has 2 heterocycles. The molecule has 0 saturated carbocycles. The van der Waals surface area contributed by atoms with Crippen LogP contribution in [0.2, 0.25) is 0 Å². The first kappa shape index (κ1) is 20.9. The molecule has 2 amide bonds. The SMILES string of the molecule is CNC(=O)c1cc(C(=O)NCCC2OCC(N)CO2)cc(Cc2ccccc2)n1. The average molecular weight is 398 g/mol. The van der Waals surface area contributed by atoms with E-state index in [1.807, 2.05) is 30.3 Å². The van der Waals surface area contributed by atoms with Gasteiger partial charge in [-0.3, -0.25) is 9.59 Å². The fourth-order valence-electron chi connectivity index (χ4n) is 2.99. The molecule has 154 valence electrons. The number of nitrogens with two attached hydrogens (primary N) is 1. The maximum Gasteiger partial charge on any atom is 0.269 e. The van der Waals surface area contributed by atoms with Crippen molar-refractivity contribution in [2.75, 3.05) is 26.8 Å². The second kappa shape index (κ2) is 10.1. The van der Waals surface area contributed by atoms with Crippen LogP contribution in [-0.2, 0) is 15.9 Å². The molecule has 1 aromatic heterocycles. The van der Waals surface area contributed by atoms with Gasteiger partial charge in [0.1, 0.15) is 5.69 Å². The van der Waals surface area contributed by atoms with Crippen molar-refractivity contribution in [1.29, 1.82) is 0 Å². The number of nitrogens with zero attached hydrogens (tertiary/aromatic N) is 1. The smallest absolute Gasteiger partial charge is 0.269 e. The van der Waals surface area contributed by atoms with Crippen LogP contribution < -0.4 is 16.4 Å². The highest BCUT2D eigenvalue weighted by atomic mass is 16.7. The number of hydrogen-bond donors (Lipinski definition) is 3. The van der Waals surface area contributed by atoms with E-state index in [2.05, 4.69) is 15.6 Å². The number of rotatable bonds is 7. The van der Waals surface area contributed by atoms with E-state index in [0.717, 1.165) is 5.56 Å². The van der Waals surface area contributed by atoms with Crippen molar-refractivity contribution in [3.8, 4) is 0 Å². The monoisotopic (exact) mass is 398 g/mol. The zero-order valence-electron chi connectivity index (χ0n) is 16.4. The molecule has 1 aromatic carbocycles. The summed E-state index contributed by atoms with van der Waals surface area (Å²) in [6.45, 7) is 1.27. The number of carbonyl (C=O) groups excluding carboxylic acids is 2. The Bertz CT molecular complexity index is 836. The van der Waals surface area contributed by atoms with E-state index < -0.39 is 0 Å². The highest BCUT2D eigenvalue weighted by Crippen LogP contribution is 2.13. The molecule has 0 atom stereocenters. The predicted octanol–water partition coefficient (Wildman–Crippen LogP) is 0.852. The van der Waals surface area contributed by atoms with Gasteiger partial charge in [0.2, 0.25) is 0 Å². The number of nitrogens with one attached hydrogen (secondary N) is 2. The van der Waals surface area contributed by atoms with E-state index in [1.54, 1.807) is 6.07 Å². The molecule has 4 N–H and O–H groups in total. The Labute approximate surface area is 169 Å². The van der Waals surface area contributed by atoms with Gasteiger partial charge in [-0.15, -0.1) is 0 Å². The van der Waals surface area contributed by atoms with E-state index in [1.165, 1.54) is 13.1 Å². The van der Waals surface area contributed by atoms with Gasteiger partial charge in [-0.25, -0.2) is 4.98 Å². The van der Waals surface area contributed by atoms with Crippen LogP contribution in [0, 0.1) is 0 Å². The minimum absolute atomic E-state index is 0.108. The first-order valence-corrected chi connectivity index (χ1v) is 9.59. The second-order valence-electron chi connectivity index (χ2n) is 6.87. The topological polar surface area (TPSA) is 116 Å².